The molecule has 1 aliphatic heterocycles. The van der Waals surface area contributed by atoms with Crippen molar-refractivity contribution in [2.24, 2.45) is 23.5 Å². The number of nitrogens with two attached hydrogens (primary N) is 1. The molecule has 0 aromatic carbocycles. The summed E-state index contributed by atoms with van der Waals surface area (Å²) in [4.78, 5) is 15.2. The minimum Gasteiger partial charge on any atom is -0.339 e. The summed E-state index contributed by atoms with van der Waals surface area (Å²) in [5.74, 6) is 1.79. The molecule has 1 saturated heterocycles. The third kappa shape index (κ3) is 2.42. The number of amides is 1. The van der Waals surface area contributed by atoms with Gasteiger partial charge in [0.25, 0.3) is 0 Å². The Kier molecular flexibility index (Phi) is 3.84. The van der Waals surface area contributed by atoms with Gasteiger partial charge in [0.05, 0.1) is 0 Å². The largest absolute Gasteiger partial charge is 0.339 e. The van der Waals surface area contributed by atoms with Crippen molar-refractivity contribution < 1.29 is 4.79 Å². The average Bonchev–Trinajstić information content (AvgIpc) is 2.89. The molecule has 2 saturated carbocycles. The molecule has 2 N–H and O–H groups in total. The first kappa shape index (κ1) is 13.4. The Morgan fingerprint density at radius 1 is 1.05 bits per heavy atom. The van der Waals surface area contributed by atoms with E-state index in [4.69, 9.17) is 5.73 Å². The lowest BCUT2D eigenvalue weighted by atomic mass is 9.76. The van der Waals surface area contributed by atoms with Crippen molar-refractivity contribution in [1.82, 2.24) is 4.90 Å². The second-order valence-corrected chi connectivity index (χ2v) is 6.99. The predicted molar refractivity (Wildman–Crippen MR) is 76.6 cm³/mol. The van der Waals surface area contributed by atoms with Crippen molar-refractivity contribution in [3.63, 3.8) is 0 Å². The number of hydrogen-bond acceptors (Lipinski definition) is 2. The van der Waals surface area contributed by atoms with Gasteiger partial charge in [-0.15, -0.1) is 0 Å². The molecule has 3 fully saturated rings. The predicted octanol–water partition coefficient (Wildman–Crippen LogP) is 2.54. The summed E-state index contributed by atoms with van der Waals surface area (Å²) in [7, 11) is 0. The lowest BCUT2D eigenvalue weighted by Crippen LogP contribution is -2.52. The van der Waals surface area contributed by atoms with E-state index in [-0.39, 0.29) is 12.0 Å². The van der Waals surface area contributed by atoms with Crippen LogP contribution in [0.4, 0.5) is 0 Å². The molecular weight excluding hydrogens is 236 g/mol. The van der Waals surface area contributed by atoms with E-state index in [1.165, 1.54) is 32.1 Å². The maximum atomic E-state index is 12.9. The fourth-order valence-electron chi connectivity index (χ4n) is 4.69. The molecular formula is C16H28N2O. The van der Waals surface area contributed by atoms with E-state index in [0.717, 1.165) is 31.7 Å². The van der Waals surface area contributed by atoms with Crippen LogP contribution in [0, 0.1) is 17.8 Å². The van der Waals surface area contributed by atoms with Crippen molar-refractivity contribution in [2.45, 2.75) is 70.4 Å². The number of carbonyl (C=O) groups is 1. The summed E-state index contributed by atoms with van der Waals surface area (Å²) >= 11 is 0. The number of piperidine rings is 1. The highest BCUT2D eigenvalue weighted by Gasteiger charge is 2.41. The number of carbonyl (C=O) groups excluding carboxylic acids is 1. The van der Waals surface area contributed by atoms with E-state index < -0.39 is 0 Å². The Balaban J connectivity index is 1.72. The van der Waals surface area contributed by atoms with Crippen LogP contribution in [0.1, 0.15) is 58.3 Å². The molecule has 1 heterocycles. The first-order chi connectivity index (χ1) is 9.18. The monoisotopic (exact) mass is 264 g/mol. The van der Waals surface area contributed by atoms with Gasteiger partial charge in [-0.05, 0) is 50.4 Å². The van der Waals surface area contributed by atoms with Gasteiger partial charge in [-0.25, -0.2) is 0 Å². The van der Waals surface area contributed by atoms with Gasteiger partial charge in [-0.3, -0.25) is 4.79 Å². The molecule has 3 aliphatic rings. The summed E-state index contributed by atoms with van der Waals surface area (Å²) in [6, 6.07) is 0.790. The van der Waals surface area contributed by atoms with Crippen molar-refractivity contribution in [3.05, 3.63) is 0 Å². The Hall–Kier alpha value is -0.570. The molecule has 108 valence electrons. The Bertz CT molecular complexity index is 344. The van der Waals surface area contributed by atoms with E-state index in [0.29, 0.717) is 17.9 Å². The topological polar surface area (TPSA) is 46.3 Å². The summed E-state index contributed by atoms with van der Waals surface area (Å²) in [5, 5.41) is 0. The van der Waals surface area contributed by atoms with Gasteiger partial charge in [-0.2, -0.15) is 0 Å². The van der Waals surface area contributed by atoms with Crippen LogP contribution in [0.15, 0.2) is 0 Å². The van der Waals surface area contributed by atoms with E-state index in [1.54, 1.807) is 0 Å². The summed E-state index contributed by atoms with van der Waals surface area (Å²) in [5.41, 5.74) is 6.17. The molecule has 2 aliphatic carbocycles. The quantitative estimate of drug-likeness (QED) is 0.791. The average molecular weight is 264 g/mol. The Morgan fingerprint density at radius 3 is 2.63 bits per heavy atom. The third-order valence-electron chi connectivity index (χ3n) is 5.96. The number of rotatable bonds is 1. The van der Waals surface area contributed by atoms with Crippen LogP contribution < -0.4 is 5.73 Å². The van der Waals surface area contributed by atoms with Crippen LogP contribution >= 0.6 is 0 Å². The van der Waals surface area contributed by atoms with Crippen LogP contribution in [0.2, 0.25) is 0 Å². The molecule has 0 aromatic heterocycles. The van der Waals surface area contributed by atoms with Gasteiger partial charge >= 0.3 is 0 Å². The standard InChI is InChI=1S/C16H28N2O/c1-11-13(7-3-8-14(11)17)16(19)18-10-4-6-12-5-2-9-15(12)18/h11-15H,2-10,17H2,1H3. The third-order valence-corrected chi connectivity index (χ3v) is 5.96. The summed E-state index contributed by atoms with van der Waals surface area (Å²) in [6.45, 7) is 3.18. The second kappa shape index (κ2) is 5.43. The highest BCUT2D eigenvalue weighted by molar-refractivity contribution is 5.80. The molecule has 3 heteroatoms. The normalized spacial score (nSPS) is 43.1. The van der Waals surface area contributed by atoms with Gasteiger partial charge in [-0.1, -0.05) is 19.8 Å². The molecule has 0 aromatic rings. The highest BCUT2D eigenvalue weighted by Crippen LogP contribution is 2.39. The van der Waals surface area contributed by atoms with Crippen molar-refractivity contribution in [2.75, 3.05) is 6.54 Å². The van der Waals surface area contributed by atoms with Crippen molar-refractivity contribution in [1.29, 1.82) is 0 Å². The summed E-state index contributed by atoms with van der Waals surface area (Å²) < 4.78 is 0. The number of fused-ring (bicyclic) bond motifs is 1. The fourth-order valence-corrected chi connectivity index (χ4v) is 4.69. The van der Waals surface area contributed by atoms with Gasteiger partial charge in [0.15, 0.2) is 0 Å². The lowest BCUT2D eigenvalue weighted by molar-refractivity contribution is -0.143. The van der Waals surface area contributed by atoms with Crippen LogP contribution in [0.25, 0.3) is 0 Å². The minimum absolute atomic E-state index is 0.197. The van der Waals surface area contributed by atoms with Crippen LogP contribution in [0.3, 0.4) is 0 Å². The Morgan fingerprint density at radius 2 is 1.79 bits per heavy atom. The number of likely N-dealkylation sites (tertiary alicyclic amines) is 1. The maximum absolute atomic E-state index is 12.9. The molecule has 19 heavy (non-hydrogen) atoms. The van der Waals surface area contributed by atoms with E-state index in [9.17, 15) is 4.79 Å². The maximum Gasteiger partial charge on any atom is 0.226 e. The van der Waals surface area contributed by atoms with E-state index in [1.807, 2.05) is 0 Å². The minimum atomic E-state index is 0.197. The molecule has 0 bridgehead atoms. The second-order valence-electron chi connectivity index (χ2n) is 6.99. The molecule has 3 rings (SSSR count). The van der Waals surface area contributed by atoms with E-state index in [2.05, 4.69) is 11.8 Å². The van der Waals surface area contributed by atoms with Gasteiger partial charge in [0.2, 0.25) is 5.91 Å². The number of nitrogens with zero attached hydrogens (tertiary/aromatic N) is 1. The lowest BCUT2D eigenvalue weighted by Gasteiger charge is -2.42. The molecule has 5 atom stereocenters. The molecule has 1 amide bonds. The zero-order valence-corrected chi connectivity index (χ0v) is 12.2. The molecule has 0 radical (unpaired) electrons. The zero-order chi connectivity index (χ0) is 13.4. The SMILES string of the molecule is CC1C(N)CCCC1C(=O)N1CCCC2CCCC21. The molecule has 0 spiro atoms. The Labute approximate surface area is 116 Å². The van der Waals surface area contributed by atoms with Crippen LogP contribution in [-0.2, 0) is 4.79 Å². The van der Waals surface area contributed by atoms with Gasteiger partial charge < -0.3 is 10.6 Å². The first-order valence-electron chi connectivity index (χ1n) is 8.24. The van der Waals surface area contributed by atoms with Crippen LogP contribution in [-0.4, -0.2) is 29.4 Å². The number of hydrogen-bond donors (Lipinski definition) is 1. The van der Waals surface area contributed by atoms with Gasteiger partial charge in [0.1, 0.15) is 0 Å². The fraction of sp³-hybridized carbons (Fsp3) is 0.938. The van der Waals surface area contributed by atoms with Crippen LogP contribution in [0.5, 0.6) is 0 Å². The summed E-state index contributed by atoms with van der Waals surface area (Å²) in [6.07, 6.45) is 9.73. The molecule has 3 nitrogen and oxygen atoms in total. The van der Waals surface area contributed by atoms with Crippen molar-refractivity contribution in [3.8, 4) is 0 Å². The van der Waals surface area contributed by atoms with E-state index >= 15 is 0 Å². The van der Waals surface area contributed by atoms with Crippen molar-refractivity contribution >= 4 is 5.91 Å². The van der Waals surface area contributed by atoms with Gasteiger partial charge in [0, 0.05) is 24.5 Å². The smallest absolute Gasteiger partial charge is 0.226 e. The zero-order valence-electron chi connectivity index (χ0n) is 12.2. The highest BCUT2D eigenvalue weighted by atomic mass is 16.2. The molecule has 5 unspecified atom stereocenters. The first-order valence-corrected chi connectivity index (χ1v) is 8.24.